The summed E-state index contributed by atoms with van der Waals surface area (Å²) < 4.78 is 5.81. The molecule has 0 N–H and O–H groups in total. The Hall–Kier alpha value is -1.54. The molecule has 0 atom stereocenters. The van der Waals surface area contributed by atoms with Gasteiger partial charge >= 0.3 is 0 Å². The van der Waals surface area contributed by atoms with Crippen LogP contribution in [0.2, 0.25) is 5.15 Å². The van der Waals surface area contributed by atoms with Crippen LogP contribution in [0.5, 0.6) is 5.75 Å². The Morgan fingerprint density at radius 1 is 1.12 bits per heavy atom. The molecule has 0 radical (unpaired) electrons. The standard InChI is InChI=1S/C14H14ClNO/c1-10-5-3-6-11(2)13(10)17-9-12-7-4-8-16-14(12)15/h3-8H,9H2,1-2H3. The van der Waals surface area contributed by atoms with E-state index in [9.17, 15) is 0 Å². The molecule has 2 aromatic rings. The minimum absolute atomic E-state index is 0.443. The van der Waals surface area contributed by atoms with E-state index in [4.69, 9.17) is 16.3 Å². The number of aromatic nitrogens is 1. The van der Waals surface area contributed by atoms with Crippen LogP contribution in [0.25, 0.3) is 0 Å². The number of hydrogen-bond donors (Lipinski definition) is 0. The first-order valence-corrected chi connectivity index (χ1v) is 5.84. The first kappa shape index (κ1) is 11.9. The molecule has 1 aromatic carbocycles. The molecule has 0 spiro atoms. The highest BCUT2D eigenvalue weighted by molar-refractivity contribution is 6.30. The highest BCUT2D eigenvalue weighted by Crippen LogP contribution is 2.24. The van der Waals surface area contributed by atoms with Gasteiger partial charge in [0.2, 0.25) is 0 Å². The number of pyridine rings is 1. The predicted octanol–water partition coefficient (Wildman–Crippen LogP) is 3.93. The van der Waals surface area contributed by atoms with Gasteiger partial charge in [0.25, 0.3) is 0 Å². The molecular weight excluding hydrogens is 234 g/mol. The minimum atomic E-state index is 0.443. The van der Waals surface area contributed by atoms with E-state index >= 15 is 0 Å². The molecule has 2 nitrogen and oxygen atoms in total. The van der Waals surface area contributed by atoms with Crippen molar-refractivity contribution in [1.29, 1.82) is 0 Å². The van der Waals surface area contributed by atoms with E-state index in [2.05, 4.69) is 4.98 Å². The molecular formula is C14H14ClNO. The van der Waals surface area contributed by atoms with E-state index in [0.717, 1.165) is 22.4 Å². The summed E-state index contributed by atoms with van der Waals surface area (Å²) in [6.45, 7) is 4.51. The van der Waals surface area contributed by atoms with Gasteiger partial charge in [0.05, 0.1) is 0 Å². The number of ether oxygens (including phenoxy) is 1. The molecule has 0 aliphatic carbocycles. The smallest absolute Gasteiger partial charge is 0.135 e. The molecule has 1 heterocycles. The largest absolute Gasteiger partial charge is 0.488 e. The lowest BCUT2D eigenvalue weighted by atomic mass is 10.1. The summed E-state index contributed by atoms with van der Waals surface area (Å²) in [5.74, 6) is 0.924. The van der Waals surface area contributed by atoms with E-state index in [1.807, 2.05) is 44.2 Å². The molecule has 0 fully saturated rings. The van der Waals surface area contributed by atoms with Crippen molar-refractivity contribution in [3.8, 4) is 5.75 Å². The third-order valence-corrected chi connectivity index (χ3v) is 2.96. The second-order valence-corrected chi connectivity index (χ2v) is 4.32. The van der Waals surface area contributed by atoms with Crippen molar-refractivity contribution in [3.63, 3.8) is 0 Å². The Morgan fingerprint density at radius 3 is 2.47 bits per heavy atom. The summed E-state index contributed by atoms with van der Waals surface area (Å²) in [5, 5.41) is 0.499. The lowest BCUT2D eigenvalue weighted by Crippen LogP contribution is -2.00. The van der Waals surface area contributed by atoms with E-state index < -0.39 is 0 Å². The molecule has 0 amide bonds. The third-order valence-electron chi connectivity index (χ3n) is 2.62. The first-order chi connectivity index (χ1) is 8.18. The van der Waals surface area contributed by atoms with Crippen molar-refractivity contribution in [2.45, 2.75) is 20.5 Å². The van der Waals surface area contributed by atoms with Gasteiger partial charge in [-0.15, -0.1) is 0 Å². The maximum atomic E-state index is 5.98. The number of halogens is 1. The van der Waals surface area contributed by atoms with Gasteiger partial charge in [0.15, 0.2) is 0 Å². The van der Waals surface area contributed by atoms with Crippen molar-refractivity contribution >= 4 is 11.6 Å². The second-order valence-electron chi connectivity index (χ2n) is 3.96. The zero-order valence-electron chi connectivity index (χ0n) is 9.90. The molecule has 3 heteroatoms. The van der Waals surface area contributed by atoms with E-state index in [1.165, 1.54) is 0 Å². The SMILES string of the molecule is Cc1cccc(C)c1OCc1cccnc1Cl. The highest BCUT2D eigenvalue weighted by atomic mass is 35.5. The van der Waals surface area contributed by atoms with Crippen LogP contribution in [0.15, 0.2) is 36.5 Å². The summed E-state index contributed by atoms with van der Waals surface area (Å²) in [5.41, 5.74) is 3.16. The maximum Gasteiger partial charge on any atom is 0.135 e. The van der Waals surface area contributed by atoms with Crippen molar-refractivity contribution in [2.75, 3.05) is 0 Å². The molecule has 0 aliphatic rings. The van der Waals surface area contributed by atoms with Crippen LogP contribution in [0.4, 0.5) is 0 Å². The molecule has 88 valence electrons. The van der Waals surface area contributed by atoms with Crippen LogP contribution >= 0.6 is 11.6 Å². The summed E-state index contributed by atoms with van der Waals surface area (Å²) in [4.78, 5) is 4.02. The van der Waals surface area contributed by atoms with Gasteiger partial charge in [0.1, 0.15) is 17.5 Å². The third kappa shape index (κ3) is 2.77. The van der Waals surface area contributed by atoms with Crippen LogP contribution in [0, 0.1) is 13.8 Å². The average molecular weight is 248 g/mol. The van der Waals surface area contributed by atoms with Crippen LogP contribution in [-0.2, 0) is 6.61 Å². The molecule has 0 saturated heterocycles. The van der Waals surface area contributed by atoms with Gasteiger partial charge in [-0.3, -0.25) is 0 Å². The Labute approximate surface area is 106 Å². The fourth-order valence-corrected chi connectivity index (χ4v) is 1.88. The summed E-state index contributed by atoms with van der Waals surface area (Å²) in [6, 6.07) is 9.87. The Kier molecular flexibility index (Phi) is 3.64. The topological polar surface area (TPSA) is 22.1 Å². The molecule has 0 unspecified atom stereocenters. The Morgan fingerprint density at radius 2 is 1.82 bits per heavy atom. The summed E-state index contributed by atoms with van der Waals surface area (Å²) in [6.07, 6.45) is 1.67. The monoisotopic (exact) mass is 247 g/mol. The quantitative estimate of drug-likeness (QED) is 0.767. The van der Waals surface area contributed by atoms with Crippen molar-refractivity contribution in [2.24, 2.45) is 0 Å². The second kappa shape index (κ2) is 5.19. The number of hydrogen-bond acceptors (Lipinski definition) is 2. The molecule has 0 saturated carbocycles. The van der Waals surface area contributed by atoms with E-state index in [0.29, 0.717) is 11.8 Å². The van der Waals surface area contributed by atoms with Crippen molar-refractivity contribution < 1.29 is 4.74 Å². The first-order valence-electron chi connectivity index (χ1n) is 5.47. The lowest BCUT2D eigenvalue weighted by molar-refractivity contribution is 0.301. The zero-order valence-corrected chi connectivity index (χ0v) is 10.7. The number of benzene rings is 1. The van der Waals surface area contributed by atoms with E-state index in [1.54, 1.807) is 6.20 Å². The van der Waals surface area contributed by atoms with Gasteiger partial charge in [-0.25, -0.2) is 4.98 Å². The predicted molar refractivity (Wildman–Crippen MR) is 69.5 cm³/mol. The molecule has 1 aromatic heterocycles. The van der Waals surface area contributed by atoms with Gasteiger partial charge in [-0.05, 0) is 31.0 Å². The van der Waals surface area contributed by atoms with Crippen molar-refractivity contribution in [1.82, 2.24) is 4.98 Å². The number of rotatable bonds is 3. The number of para-hydroxylation sites is 1. The molecule has 0 aliphatic heterocycles. The van der Waals surface area contributed by atoms with Gasteiger partial charge in [0, 0.05) is 11.8 Å². The molecule has 17 heavy (non-hydrogen) atoms. The Balaban J connectivity index is 2.16. The summed E-state index contributed by atoms with van der Waals surface area (Å²) in [7, 11) is 0. The highest BCUT2D eigenvalue weighted by Gasteiger charge is 2.05. The lowest BCUT2D eigenvalue weighted by Gasteiger charge is -2.12. The minimum Gasteiger partial charge on any atom is -0.488 e. The van der Waals surface area contributed by atoms with Crippen LogP contribution in [0.1, 0.15) is 16.7 Å². The molecule has 2 rings (SSSR count). The van der Waals surface area contributed by atoms with E-state index in [-0.39, 0.29) is 0 Å². The molecule has 0 bridgehead atoms. The van der Waals surface area contributed by atoms with Crippen molar-refractivity contribution in [3.05, 3.63) is 58.4 Å². The van der Waals surface area contributed by atoms with Crippen LogP contribution in [0.3, 0.4) is 0 Å². The summed E-state index contributed by atoms with van der Waals surface area (Å²) >= 11 is 5.98. The van der Waals surface area contributed by atoms with Gasteiger partial charge in [-0.1, -0.05) is 35.9 Å². The number of nitrogens with zero attached hydrogens (tertiary/aromatic N) is 1. The average Bonchev–Trinajstić information content (AvgIpc) is 2.30. The van der Waals surface area contributed by atoms with Gasteiger partial charge < -0.3 is 4.74 Å². The normalized spacial score (nSPS) is 10.3. The van der Waals surface area contributed by atoms with Gasteiger partial charge in [-0.2, -0.15) is 0 Å². The maximum absolute atomic E-state index is 5.98. The van der Waals surface area contributed by atoms with Crippen LogP contribution < -0.4 is 4.74 Å². The number of aryl methyl sites for hydroxylation is 2. The Bertz CT molecular complexity index is 505. The fraction of sp³-hybridized carbons (Fsp3) is 0.214. The zero-order chi connectivity index (χ0) is 12.3. The van der Waals surface area contributed by atoms with Crippen LogP contribution in [-0.4, -0.2) is 4.98 Å². The fourth-order valence-electron chi connectivity index (χ4n) is 1.70.